The van der Waals surface area contributed by atoms with Gasteiger partial charge in [-0.1, -0.05) is 23.9 Å². The van der Waals surface area contributed by atoms with Crippen molar-refractivity contribution in [3.63, 3.8) is 0 Å². The summed E-state index contributed by atoms with van der Waals surface area (Å²) in [5, 5.41) is 3.71. The van der Waals surface area contributed by atoms with Gasteiger partial charge < -0.3 is 20.2 Å². The van der Waals surface area contributed by atoms with E-state index < -0.39 is 0 Å². The topological polar surface area (TPSA) is 64.5 Å². The fourth-order valence-electron chi connectivity index (χ4n) is 3.33. The van der Waals surface area contributed by atoms with E-state index in [0.717, 1.165) is 33.5 Å². The number of nitrogens with zero attached hydrogens (tertiary/aromatic N) is 1. The first kappa shape index (κ1) is 19.3. The van der Waals surface area contributed by atoms with Crippen molar-refractivity contribution in [1.29, 1.82) is 0 Å². The summed E-state index contributed by atoms with van der Waals surface area (Å²) in [5.41, 5.74) is 6.36. The zero-order valence-electron chi connectivity index (χ0n) is 16.5. The molecule has 0 saturated carbocycles. The van der Waals surface area contributed by atoms with E-state index in [1.807, 2.05) is 72.3 Å². The number of hydrogen-bond acceptors (Lipinski definition) is 5. The lowest BCUT2D eigenvalue weighted by Gasteiger charge is -2.34. The largest absolute Gasteiger partial charge is 0.497 e. The molecule has 3 aromatic rings. The summed E-state index contributed by atoms with van der Waals surface area (Å²) in [6.45, 7) is 2.04. The summed E-state index contributed by atoms with van der Waals surface area (Å²) in [4.78, 5) is 13.2. The van der Waals surface area contributed by atoms with E-state index in [9.17, 15) is 4.79 Å². The van der Waals surface area contributed by atoms with Crippen molar-refractivity contribution in [2.24, 2.45) is 0 Å². The minimum atomic E-state index is -0.340. The summed E-state index contributed by atoms with van der Waals surface area (Å²) in [6.07, 6.45) is 0. The minimum absolute atomic E-state index is 0.0569. The van der Waals surface area contributed by atoms with E-state index in [4.69, 9.17) is 9.47 Å². The first-order valence-electron chi connectivity index (χ1n) is 9.29. The average molecular weight is 410 g/mol. The standard InChI is InChI=1S/C22H23N3O3S/c1-14-4-13-19-25(14)24-20(15-5-9-17(27-2)10-6-15)21(29-19)22(26)23-16-7-11-18(28-3)12-8-16/h4-13,20-21,24H,1-3H3,(H,23,26)/t20-,21-/m0/s1. The Kier molecular flexibility index (Phi) is 5.40. The van der Waals surface area contributed by atoms with Gasteiger partial charge in [-0.25, -0.2) is 0 Å². The SMILES string of the molecule is COc1ccc(NC(=O)[C@H]2Sc3ccc(C)n3N[C@H]2c2ccc(OC)cc2)cc1. The summed E-state index contributed by atoms with van der Waals surface area (Å²) in [6, 6.07) is 19.0. The van der Waals surface area contributed by atoms with Crippen LogP contribution in [0, 0.1) is 6.92 Å². The van der Waals surface area contributed by atoms with Crippen LogP contribution in [0.25, 0.3) is 0 Å². The maximum Gasteiger partial charge on any atom is 0.240 e. The summed E-state index contributed by atoms with van der Waals surface area (Å²) in [7, 11) is 3.26. The van der Waals surface area contributed by atoms with Crippen LogP contribution >= 0.6 is 11.8 Å². The smallest absolute Gasteiger partial charge is 0.240 e. The van der Waals surface area contributed by atoms with Gasteiger partial charge in [-0.2, -0.15) is 0 Å². The average Bonchev–Trinajstić information content (AvgIpc) is 3.13. The lowest BCUT2D eigenvalue weighted by molar-refractivity contribution is -0.116. The molecule has 1 aliphatic rings. The van der Waals surface area contributed by atoms with Gasteiger partial charge in [0.15, 0.2) is 0 Å². The van der Waals surface area contributed by atoms with Gasteiger partial charge in [0.1, 0.15) is 16.7 Å². The summed E-state index contributed by atoms with van der Waals surface area (Å²) < 4.78 is 12.5. The number of aromatic nitrogens is 1. The van der Waals surface area contributed by atoms with Gasteiger partial charge in [0.25, 0.3) is 0 Å². The van der Waals surface area contributed by atoms with Crippen molar-refractivity contribution in [2.45, 2.75) is 23.2 Å². The maximum absolute atomic E-state index is 13.2. The van der Waals surface area contributed by atoms with Gasteiger partial charge in [0, 0.05) is 11.4 Å². The van der Waals surface area contributed by atoms with E-state index in [1.165, 1.54) is 0 Å². The van der Waals surface area contributed by atoms with Crippen LogP contribution in [0.3, 0.4) is 0 Å². The fraction of sp³-hybridized carbons (Fsp3) is 0.227. The molecule has 4 rings (SSSR count). The van der Waals surface area contributed by atoms with Gasteiger partial charge >= 0.3 is 0 Å². The summed E-state index contributed by atoms with van der Waals surface area (Å²) in [5.74, 6) is 1.48. The van der Waals surface area contributed by atoms with E-state index in [-0.39, 0.29) is 17.2 Å². The quantitative estimate of drug-likeness (QED) is 0.661. The van der Waals surface area contributed by atoms with Crippen molar-refractivity contribution in [2.75, 3.05) is 25.0 Å². The van der Waals surface area contributed by atoms with Crippen molar-refractivity contribution in [1.82, 2.24) is 4.68 Å². The second-order valence-corrected chi connectivity index (χ2v) is 7.95. The Morgan fingerprint density at radius 3 is 2.21 bits per heavy atom. The molecule has 2 heterocycles. The van der Waals surface area contributed by atoms with Gasteiger partial charge in [-0.3, -0.25) is 9.47 Å². The number of nitrogens with one attached hydrogen (secondary N) is 2. The van der Waals surface area contributed by atoms with Crippen LogP contribution in [0.1, 0.15) is 17.3 Å². The van der Waals surface area contributed by atoms with E-state index in [1.54, 1.807) is 26.0 Å². The molecule has 7 heteroatoms. The van der Waals surface area contributed by atoms with Crippen molar-refractivity contribution >= 4 is 23.4 Å². The predicted octanol–water partition coefficient (Wildman–Crippen LogP) is 4.21. The molecule has 0 spiro atoms. The third-order valence-electron chi connectivity index (χ3n) is 4.95. The molecule has 0 fully saturated rings. The Hall–Kier alpha value is -3.06. The van der Waals surface area contributed by atoms with Crippen molar-refractivity contribution in [3.05, 3.63) is 71.9 Å². The molecule has 0 unspecified atom stereocenters. The van der Waals surface area contributed by atoms with Gasteiger partial charge in [0.05, 0.1) is 25.3 Å². The first-order chi connectivity index (χ1) is 14.1. The van der Waals surface area contributed by atoms with Crippen LogP contribution in [0.5, 0.6) is 11.5 Å². The molecule has 0 aliphatic carbocycles. The molecule has 1 amide bonds. The zero-order chi connectivity index (χ0) is 20.4. The normalized spacial score (nSPS) is 17.8. The monoisotopic (exact) mass is 409 g/mol. The molecule has 1 aliphatic heterocycles. The molecule has 29 heavy (non-hydrogen) atoms. The fourth-order valence-corrected chi connectivity index (χ4v) is 4.56. The van der Waals surface area contributed by atoms with E-state index in [2.05, 4.69) is 10.7 Å². The minimum Gasteiger partial charge on any atom is -0.497 e. The number of benzene rings is 2. The number of amides is 1. The number of hydrogen-bond donors (Lipinski definition) is 2. The third kappa shape index (κ3) is 3.91. The first-order valence-corrected chi connectivity index (χ1v) is 10.2. The number of carbonyl (C=O) groups is 1. The molecular weight excluding hydrogens is 386 g/mol. The molecule has 1 aromatic heterocycles. The lowest BCUT2D eigenvalue weighted by atomic mass is 10.0. The van der Waals surface area contributed by atoms with E-state index >= 15 is 0 Å². The van der Waals surface area contributed by atoms with E-state index in [0.29, 0.717) is 0 Å². The van der Waals surface area contributed by atoms with Gasteiger partial charge in [-0.15, -0.1) is 0 Å². The van der Waals surface area contributed by atoms with Crippen LogP contribution in [-0.4, -0.2) is 30.1 Å². The van der Waals surface area contributed by atoms with Crippen molar-refractivity contribution < 1.29 is 14.3 Å². The second-order valence-electron chi connectivity index (χ2n) is 6.78. The summed E-state index contributed by atoms with van der Waals surface area (Å²) >= 11 is 1.56. The Bertz CT molecular complexity index is 999. The Morgan fingerprint density at radius 1 is 0.966 bits per heavy atom. The number of ether oxygens (including phenoxy) is 2. The molecule has 0 saturated heterocycles. The van der Waals surface area contributed by atoms with Crippen molar-refractivity contribution in [3.8, 4) is 11.5 Å². The number of fused-ring (bicyclic) bond motifs is 1. The Labute approximate surface area is 174 Å². The maximum atomic E-state index is 13.2. The van der Waals surface area contributed by atoms with Crippen LogP contribution in [0.2, 0.25) is 0 Å². The molecule has 2 aromatic carbocycles. The molecule has 2 atom stereocenters. The second kappa shape index (κ2) is 8.13. The molecule has 150 valence electrons. The van der Waals surface area contributed by atoms with Gasteiger partial charge in [-0.05, 0) is 61.0 Å². The highest BCUT2D eigenvalue weighted by Gasteiger charge is 2.36. The number of methoxy groups -OCH3 is 2. The van der Waals surface area contributed by atoms with Gasteiger partial charge in [0.2, 0.25) is 5.91 Å². The molecule has 0 bridgehead atoms. The van der Waals surface area contributed by atoms with Crippen LogP contribution < -0.4 is 20.2 Å². The van der Waals surface area contributed by atoms with Crippen LogP contribution in [0.4, 0.5) is 5.69 Å². The molecule has 0 radical (unpaired) electrons. The zero-order valence-corrected chi connectivity index (χ0v) is 17.3. The Morgan fingerprint density at radius 2 is 1.59 bits per heavy atom. The molecular formula is C22H23N3O3S. The number of thioether (sulfide) groups is 1. The lowest BCUT2D eigenvalue weighted by Crippen LogP contribution is -2.41. The highest BCUT2D eigenvalue weighted by atomic mass is 32.2. The molecule has 2 N–H and O–H groups in total. The third-order valence-corrected chi connectivity index (χ3v) is 6.25. The number of anilines is 1. The molecule has 6 nitrogen and oxygen atoms in total. The Balaban J connectivity index is 1.62. The van der Waals surface area contributed by atoms with Crippen LogP contribution in [0.15, 0.2) is 65.7 Å². The highest BCUT2D eigenvalue weighted by molar-refractivity contribution is 8.00. The highest BCUT2D eigenvalue weighted by Crippen LogP contribution is 2.39. The number of rotatable bonds is 5. The number of carbonyl (C=O) groups excluding carboxylic acids is 1. The van der Waals surface area contributed by atoms with Crippen LogP contribution in [-0.2, 0) is 4.79 Å². The number of aryl methyl sites for hydroxylation is 1. The predicted molar refractivity (Wildman–Crippen MR) is 116 cm³/mol.